The highest BCUT2D eigenvalue weighted by Crippen LogP contribution is 2.19. The summed E-state index contributed by atoms with van der Waals surface area (Å²) in [4.78, 5) is 5.85. The van der Waals surface area contributed by atoms with Crippen LogP contribution in [0.3, 0.4) is 0 Å². The zero-order valence-electron chi connectivity index (χ0n) is 14.0. The molecule has 0 aliphatic heterocycles. The number of aromatic nitrogens is 6. The van der Waals surface area contributed by atoms with Crippen molar-refractivity contribution in [3.63, 3.8) is 0 Å². The summed E-state index contributed by atoms with van der Waals surface area (Å²) in [6, 6.07) is 15.8. The molecule has 4 aromatic rings. The fraction of sp³-hybridized carbons (Fsp3) is 0.167. The van der Waals surface area contributed by atoms with Crippen LogP contribution in [0.1, 0.15) is 18.4 Å². The lowest BCUT2D eigenvalue weighted by Gasteiger charge is -1.97. The summed E-state index contributed by atoms with van der Waals surface area (Å²) in [5.74, 6) is 1.53. The monoisotopic (exact) mass is 410 g/mol. The van der Waals surface area contributed by atoms with Gasteiger partial charge in [-0.1, -0.05) is 52.3 Å². The molecular weight excluding hydrogens is 396 g/mol. The number of halogens is 1. The van der Waals surface area contributed by atoms with Gasteiger partial charge in [0.1, 0.15) is 6.54 Å². The SMILES string of the molecule is CCc1ccc(-c2noc(Cn3nnc(-c4ccc(Br)cc4)n3)n2)cc1. The normalized spacial score (nSPS) is 11.0. The summed E-state index contributed by atoms with van der Waals surface area (Å²) in [6.07, 6.45) is 0.996. The van der Waals surface area contributed by atoms with Gasteiger partial charge in [0.15, 0.2) is 0 Å². The second kappa shape index (κ2) is 7.17. The number of aryl methyl sites for hydroxylation is 1. The fourth-order valence-corrected chi connectivity index (χ4v) is 2.74. The molecule has 0 radical (unpaired) electrons. The van der Waals surface area contributed by atoms with Gasteiger partial charge in [0.25, 0.3) is 5.89 Å². The number of benzene rings is 2. The number of rotatable bonds is 5. The lowest BCUT2D eigenvalue weighted by molar-refractivity contribution is 0.356. The maximum atomic E-state index is 5.31. The van der Waals surface area contributed by atoms with Gasteiger partial charge in [-0.05, 0) is 41.5 Å². The number of nitrogens with zero attached hydrogens (tertiary/aromatic N) is 6. The van der Waals surface area contributed by atoms with Crippen molar-refractivity contribution in [2.45, 2.75) is 19.9 Å². The van der Waals surface area contributed by atoms with Gasteiger partial charge < -0.3 is 4.52 Å². The molecule has 0 spiro atoms. The number of hydrogen-bond acceptors (Lipinski definition) is 6. The van der Waals surface area contributed by atoms with E-state index in [-0.39, 0.29) is 6.54 Å². The molecule has 8 heteroatoms. The highest BCUT2D eigenvalue weighted by molar-refractivity contribution is 9.10. The molecule has 2 aromatic heterocycles. The maximum Gasteiger partial charge on any atom is 0.250 e. The number of tetrazole rings is 1. The molecule has 26 heavy (non-hydrogen) atoms. The Kier molecular flexibility index (Phi) is 4.57. The van der Waals surface area contributed by atoms with Gasteiger partial charge in [-0.25, -0.2) is 0 Å². The van der Waals surface area contributed by atoms with E-state index in [1.807, 2.05) is 36.4 Å². The molecule has 0 saturated heterocycles. The predicted molar refractivity (Wildman–Crippen MR) is 99.2 cm³/mol. The van der Waals surface area contributed by atoms with Gasteiger partial charge in [0.05, 0.1) is 0 Å². The van der Waals surface area contributed by atoms with Crippen molar-refractivity contribution in [1.82, 2.24) is 30.3 Å². The molecule has 0 aliphatic rings. The van der Waals surface area contributed by atoms with Crippen LogP contribution in [0, 0.1) is 0 Å². The van der Waals surface area contributed by atoms with E-state index in [9.17, 15) is 0 Å². The van der Waals surface area contributed by atoms with E-state index in [2.05, 4.69) is 60.5 Å². The first-order valence-electron chi connectivity index (χ1n) is 8.17. The molecule has 0 N–H and O–H groups in total. The first-order valence-corrected chi connectivity index (χ1v) is 8.96. The van der Waals surface area contributed by atoms with Crippen LogP contribution in [-0.4, -0.2) is 30.3 Å². The summed E-state index contributed by atoms with van der Waals surface area (Å²) >= 11 is 3.41. The summed E-state index contributed by atoms with van der Waals surface area (Å²) < 4.78 is 6.31. The molecule has 0 fully saturated rings. The standard InChI is InChI=1S/C18H15BrN6O/c1-2-12-3-5-13(6-4-12)17-20-16(26-23-17)11-25-22-18(21-24-25)14-7-9-15(19)10-8-14/h3-10H,2,11H2,1H3. The maximum absolute atomic E-state index is 5.31. The largest absolute Gasteiger partial charge is 0.337 e. The van der Waals surface area contributed by atoms with Crippen LogP contribution in [-0.2, 0) is 13.0 Å². The summed E-state index contributed by atoms with van der Waals surface area (Å²) in [6.45, 7) is 2.39. The predicted octanol–water partition coefficient (Wildman–Crippen LogP) is 3.76. The molecule has 0 unspecified atom stereocenters. The van der Waals surface area contributed by atoms with Crippen molar-refractivity contribution in [2.24, 2.45) is 0 Å². The van der Waals surface area contributed by atoms with Gasteiger partial charge in [-0.2, -0.15) is 9.78 Å². The van der Waals surface area contributed by atoms with E-state index in [1.54, 1.807) is 0 Å². The first kappa shape index (κ1) is 16.6. The van der Waals surface area contributed by atoms with Crippen LogP contribution in [0.5, 0.6) is 0 Å². The third kappa shape index (κ3) is 3.55. The minimum Gasteiger partial charge on any atom is -0.337 e. The van der Waals surface area contributed by atoms with Crippen LogP contribution in [0.2, 0.25) is 0 Å². The Morgan fingerprint density at radius 1 is 0.962 bits per heavy atom. The minimum absolute atomic E-state index is 0.267. The van der Waals surface area contributed by atoms with Gasteiger partial charge in [-0.3, -0.25) is 0 Å². The zero-order chi connectivity index (χ0) is 17.9. The van der Waals surface area contributed by atoms with Gasteiger partial charge in [0.2, 0.25) is 11.6 Å². The van der Waals surface area contributed by atoms with E-state index < -0.39 is 0 Å². The van der Waals surface area contributed by atoms with Crippen molar-refractivity contribution in [2.75, 3.05) is 0 Å². The van der Waals surface area contributed by atoms with Crippen LogP contribution in [0.15, 0.2) is 57.5 Å². The molecule has 2 heterocycles. The Bertz CT molecular complexity index is 1010. The highest BCUT2D eigenvalue weighted by Gasteiger charge is 2.12. The van der Waals surface area contributed by atoms with Crippen molar-refractivity contribution >= 4 is 15.9 Å². The van der Waals surface area contributed by atoms with E-state index >= 15 is 0 Å². The average Bonchev–Trinajstić information content (AvgIpc) is 3.33. The molecule has 7 nitrogen and oxygen atoms in total. The van der Waals surface area contributed by atoms with Gasteiger partial charge in [0, 0.05) is 15.6 Å². The highest BCUT2D eigenvalue weighted by atomic mass is 79.9. The topological polar surface area (TPSA) is 82.5 Å². The fourth-order valence-electron chi connectivity index (χ4n) is 2.47. The molecule has 4 rings (SSSR count). The van der Waals surface area contributed by atoms with Crippen molar-refractivity contribution in [3.05, 3.63) is 64.5 Å². The third-order valence-electron chi connectivity index (χ3n) is 3.92. The second-order valence-electron chi connectivity index (χ2n) is 5.71. The van der Waals surface area contributed by atoms with Gasteiger partial charge >= 0.3 is 0 Å². The van der Waals surface area contributed by atoms with Crippen LogP contribution in [0.4, 0.5) is 0 Å². The molecule has 0 saturated carbocycles. The van der Waals surface area contributed by atoms with Crippen molar-refractivity contribution < 1.29 is 4.52 Å². The van der Waals surface area contributed by atoms with Crippen LogP contribution in [0.25, 0.3) is 22.8 Å². The molecular formula is C18H15BrN6O. The van der Waals surface area contributed by atoms with Gasteiger partial charge in [-0.15, -0.1) is 10.2 Å². The summed E-state index contributed by atoms with van der Waals surface area (Å²) in [7, 11) is 0. The van der Waals surface area contributed by atoms with E-state index in [0.29, 0.717) is 17.5 Å². The Balaban J connectivity index is 1.49. The first-order chi connectivity index (χ1) is 12.7. The molecule has 2 aromatic carbocycles. The van der Waals surface area contributed by atoms with Crippen LogP contribution < -0.4 is 0 Å². The van der Waals surface area contributed by atoms with Crippen LogP contribution >= 0.6 is 15.9 Å². The van der Waals surface area contributed by atoms with Crippen molar-refractivity contribution in [1.29, 1.82) is 0 Å². The van der Waals surface area contributed by atoms with E-state index in [0.717, 1.165) is 22.0 Å². The second-order valence-corrected chi connectivity index (χ2v) is 6.63. The quantitative estimate of drug-likeness (QED) is 0.497. The number of hydrogen-bond donors (Lipinski definition) is 0. The minimum atomic E-state index is 0.267. The molecule has 0 aliphatic carbocycles. The summed E-state index contributed by atoms with van der Waals surface area (Å²) in [5, 5.41) is 16.5. The lowest BCUT2D eigenvalue weighted by atomic mass is 10.1. The smallest absolute Gasteiger partial charge is 0.250 e. The molecule has 0 atom stereocenters. The molecule has 0 bridgehead atoms. The van der Waals surface area contributed by atoms with E-state index in [4.69, 9.17) is 4.52 Å². The Morgan fingerprint density at radius 3 is 2.38 bits per heavy atom. The lowest BCUT2D eigenvalue weighted by Crippen LogP contribution is -2.04. The molecule has 0 amide bonds. The Morgan fingerprint density at radius 2 is 1.65 bits per heavy atom. The molecule has 130 valence electrons. The third-order valence-corrected chi connectivity index (χ3v) is 4.45. The van der Waals surface area contributed by atoms with Crippen molar-refractivity contribution in [3.8, 4) is 22.8 Å². The Labute approximate surface area is 158 Å². The zero-order valence-corrected chi connectivity index (χ0v) is 15.6. The Hall–Kier alpha value is -2.87. The average molecular weight is 411 g/mol. The van der Waals surface area contributed by atoms with E-state index in [1.165, 1.54) is 10.4 Å². The summed E-state index contributed by atoms with van der Waals surface area (Å²) in [5.41, 5.74) is 3.07.